The molecule has 0 aliphatic rings. The molecule has 0 aromatic carbocycles. The molecular formula is C83H162O17P2. The van der Waals surface area contributed by atoms with Crippen LogP contribution in [0.2, 0.25) is 0 Å². The third kappa shape index (κ3) is 74.9. The molecule has 0 saturated heterocycles. The number of esters is 4. The Labute approximate surface area is 626 Å². The molecule has 0 amide bonds. The molecule has 0 aliphatic heterocycles. The van der Waals surface area contributed by atoms with Gasteiger partial charge in [-0.2, -0.15) is 0 Å². The summed E-state index contributed by atoms with van der Waals surface area (Å²) >= 11 is 0. The second kappa shape index (κ2) is 72.0. The molecule has 6 atom stereocenters. The van der Waals surface area contributed by atoms with Gasteiger partial charge in [0.25, 0.3) is 0 Å². The van der Waals surface area contributed by atoms with Crippen molar-refractivity contribution in [3.8, 4) is 0 Å². The van der Waals surface area contributed by atoms with Gasteiger partial charge >= 0.3 is 39.5 Å². The molecule has 102 heavy (non-hydrogen) atoms. The van der Waals surface area contributed by atoms with Crippen molar-refractivity contribution in [1.82, 2.24) is 0 Å². The lowest BCUT2D eigenvalue weighted by Gasteiger charge is -2.21. The highest BCUT2D eigenvalue weighted by Gasteiger charge is 2.30. The van der Waals surface area contributed by atoms with Gasteiger partial charge in [0.1, 0.15) is 19.3 Å². The molecule has 0 rings (SSSR count). The summed E-state index contributed by atoms with van der Waals surface area (Å²) in [6.45, 7) is 14.3. The quantitative estimate of drug-likeness (QED) is 0.0222. The SMILES string of the molecule is CCC(C)CCCCCCCCCCCCCCCCCCCCC(=O)O[C@H](COC(=O)CCCCCCCCCC(C)C)COP(=O)(O)OCC(O)COP(=O)(O)OC[C@@H](COC(=O)CCCCCCCCCCCCCC(C)C)OC(=O)CCCCCCCCCCCCCCCC(C)C. The molecule has 17 nitrogen and oxygen atoms in total. The van der Waals surface area contributed by atoms with Crippen molar-refractivity contribution in [3.05, 3.63) is 0 Å². The fourth-order valence-electron chi connectivity index (χ4n) is 12.8. The molecule has 0 bridgehead atoms. The second-order valence-electron chi connectivity index (χ2n) is 31.5. The first-order valence-corrected chi connectivity index (χ1v) is 45.7. The maximum atomic E-state index is 13.1. The Morgan fingerprint density at radius 1 is 0.275 bits per heavy atom. The normalized spacial score (nSPS) is 14.3. The van der Waals surface area contributed by atoms with Crippen LogP contribution in [-0.2, 0) is 65.4 Å². The summed E-state index contributed by atoms with van der Waals surface area (Å²) < 4.78 is 68.8. The van der Waals surface area contributed by atoms with Gasteiger partial charge in [0.2, 0.25) is 0 Å². The first-order chi connectivity index (χ1) is 49.1. The third-order valence-electron chi connectivity index (χ3n) is 19.7. The Hall–Kier alpha value is -1.94. The molecule has 606 valence electrons. The number of carbonyl (C=O) groups is 4. The van der Waals surface area contributed by atoms with E-state index in [4.69, 9.17) is 37.0 Å². The minimum atomic E-state index is -4.96. The van der Waals surface area contributed by atoms with Gasteiger partial charge in [-0.3, -0.25) is 37.3 Å². The number of phosphoric acid groups is 2. The maximum Gasteiger partial charge on any atom is 0.472 e. The number of hydrogen-bond donors (Lipinski definition) is 3. The highest BCUT2D eigenvalue weighted by atomic mass is 31.2. The van der Waals surface area contributed by atoms with Crippen LogP contribution in [0.1, 0.15) is 428 Å². The van der Waals surface area contributed by atoms with Crippen LogP contribution in [0.3, 0.4) is 0 Å². The van der Waals surface area contributed by atoms with E-state index in [9.17, 15) is 43.2 Å². The van der Waals surface area contributed by atoms with E-state index in [1.807, 2.05) is 0 Å². The zero-order valence-electron chi connectivity index (χ0n) is 67.2. The lowest BCUT2D eigenvalue weighted by atomic mass is 9.99. The number of ether oxygens (including phenoxy) is 4. The van der Waals surface area contributed by atoms with Crippen molar-refractivity contribution in [3.63, 3.8) is 0 Å². The zero-order chi connectivity index (χ0) is 75.3. The molecule has 0 saturated carbocycles. The van der Waals surface area contributed by atoms with Gasteiger partial charge in [0.05, 0.1) is 26.4 Å². The number of rotatable bonds is 80. The molecule has 0 spiro atoms. The molecule has 4 unspecified atom stereocenters. The number of phosphoric ester groups is 2. The second-order valence-corrected chi connectivity index (χ2v) is 34.4. The van der Waals surface area contributed by atoms with Crippen molar-refractivity contribution in [1.29, 1.82) is 0 Å². The molecular weight excluding hydrogens is 1330 g/mol. The molecule has 0 heterocycles. The van der Waals surface area contributed by atoms with Crippen molar-refractivity contribution in [2.24, 2.45) is 23.7 Å². The molecule has 0 fully saturated rings. The maximum absolute atomic E-state index is 13.1. The van der Waals surface area contributed by atoms with E-state index in [-0.39, 0.29) is 25.7 Å². The molecule has 0 aliphatic carbocycles. The monoisotopic (exact) mass is 1490 g/mol. The summed E-state index contributed by atoms with van der Waals surface area (Å²) in [7, 11) is -9.92. The minimum Gasteiger partial charge on any atom is -0.462 e. The van der Waals surface area contributed by atoms with Gasteiger partial charge < -0.3 is 33.8 Å². The largest absolute Gasteiger partial charge is 0.472 e. The number of aliphatic hydroxyl groups is 1. The molecule has 0 radical (unpaired) electrons. The van der Waals surface area contributed by atoms with Crippen LogP contribution in [0.4, 0.5) is 0 Å². The van der Waals surface area contributed by atoms with Crippen LogP contribution >= 0.6 is 15.6 Å². The van der Waals surface area contributed by atoms with E-state index in [0.717, 1.165) is 114 Å². The molecule has 0 aromatic rings. The summed E-state index contributed by atoms with van der Waals surface area (Å²) in [4.78, 5) is 73.1. The fourth-order valence-corrected chi connectivity index (χ4v) is 14.3. The summed E-state index contributed by atoms with van der Waals surface area (Å²) in [6.07, 6.45) is 59.7. The van der Waals surface area contributed by atoms with Crippen molar-refractivity contribution >= 4 is 39.5 Å². The number of carbonyl (C=O) groups excluding carboxylic acids is 4. The molecule has 0 aromatic heterocycles. The van der Waals surface area contributed by atoms with Gasteiger partial charge in [-0.25, -0.2) is 9.13 Å². The lowest BCUT2D eigenvalue weighted by molar-refractivity contribution is -0.161. The van der Waals surface area contributed by atoms with Crippen LogP contribution in [0, 0.1) is 23.7 Å². The summed E-state index contributed by atoms with van der Waals surface area (Å²) in [5.74, 6) is 1.02. The first kappa shape index (κ1) is 100. The Bertz CT molecular complexity index is 1990. The Kier molecular flexibility index (Phi) is 70.6. The Morgan fingerprint density at radius 3 is 0.696 bits per heavy atom. The Balaban J connectivity index is 5.20. The van der Waals surface area contributed by atoms with Crippen LogP contribution in [0.5, 0.6) is 0 Å². The van der Waals surface area contributed by atoms with Crippen LogP contribution in [0.15, 0.2) is 0 Å². The van der Waals surface area contributed by atoms with Crippen LogP contribution < -0.4 is 0 Å². The average molecular weight is 1490 g/mol. The van der Waals surface area contributed by atoms with Gasteiger partial charge in [-0.15, -0.1) is 0 Å². The minimum absolute atomic E-state index is 0.107. The predicted molar refractivity (Wildman–Crippen MR) is 418 cm³/mol. The van der Waals surface area contributed by atoms with Crippen molar-refractivity contribution in [2.45, 2.75) is 446 Å². The predicted octanol–water partition coefficient (Wildman–Crippen LogP) is 24.8. The number of unbranched alkanes of at least 4 members (excludes halogenated alkanes) is 45. The van der Waals surface area contributed by atoms with E-state index in [1.165, 1.54) is 225 Å². The first-order valence-electron chi connectivity index (χ1n) is 42.7. The van der Waals surface area contributed by atoms with Crippen LogP contribution in [-0.4, -0.2) is 96.7 Å². The van der Waals surface area contributed by atoms with Gasteiger partial charge in [0.15, 0.2) is 12.2 Å². The standard InChI is InChI=1S/C83H162O17P2/c1-9-76(8)62-54-46-38-30-24-18-14-12-10-11-13-15-19-25-32-40-49-57-65-83(88)100-79(70-94-81(86)64-56-48-42-34-37-45-53-61-75(6)7)72-98-102(91,92)96-68-77(84)67-95-101(89,90)97-71-78(69-93-80(85)63-55-47-39-31-27-21-23-29-36-44-52-60-74(4)5)99-82(87)66-58-50-41-33-26-20-16-17-22-28-35-43-51-59-73(2)3/h73-79,84H,9-72H2,1-8H3,(H,89,90)(H,91,92)/t76?,77?,78-,79-/m1/s1. The van der Waals surface area contributed by atoms with Crippen molar-refractivity contribution < 1.29 is 80.2 Å². The van der Waals surface area contributed by atoms with E-state index >= 15 is 0 Å². The van der Waals surface area contributed by atoms with Gasteiger partial charge in [-0.1, -0.05) is 376 Å². The van der Waals surface area contributed by atoms with Gasteiger partial charge in [0, 0.05) is 25.7 Å². The molecule has 3 N–H and O–H groups in total. The third-order valence-corrected chi connectivity index (χ3v) is 21.6. The summed E-state index contributed by atoms with van der Waals surface area (Å²) in [5, 5.41) is 10.7. The summed E-state index contributed by atoms with van der Waals surface area (Å²) in [5.41, 5.74) is 0. The highest BCUT2D eigenvalue weighted by Crippen LogP contribution is 2.45. The highest BCUT2D eigenvalue weighted by molar-refractivity contribution is 7.47. The number of hydrogen-bond acceptors (Lipinski definition) is 15. The average Bonchev–Trinajstić information content (AvgIpc) is 0.993. The summed E-state index contributed by atoms with van der Waals surface area (Å²) in [6, 6.07) is 0. The van der Waals surface area contributed by atoms with E-state index < -0.39 is 97.5 Å². The van der Waals surface area contributed by atoms with E-state index in [1.54, 1.807) is 0 Å². The fraction of sp³-hybridized carbons (Fsp3) is 0.952. The van der Waals surface area contributed by atoms with Gasteiger partial charge in [-0.05, 0) is 49.4 Å². The number of aliphatic hydroxyl groups excluding tert-OH is 1. The molecule has 19 heteroatoms. The lowest BCUT2D eigenvalue weighted by Crippen LogP contribution is -2.30. The van der Waals surface area contributed by atoms with E-state index in [2.05, 4.69) is 55.4 Å². The Morgan fingerprint density at radius 2 is 0.471 bits per heavy atom. The zero-order valence-corrected chi connectivity index (χ0v) is 69.0. The van der Waals surface area contributed by atoms with E-state index in [0.29, 0.717) is 31.6 Å². The topological polar surface area (TPSA) is 237 Å². The smallest absolute Gasteiger partial charge is 0.462 e. The van der Waals surface area contributed by atoms with Crippen LogP contribution in [0.25, 0.3) is 0 Å². The van der Waals surface area contributed by atoms with Crippen molar-refractivity contribution in [2.75, 3.05) is 39.6 Å².